The first-order valence-corrected chi connectivity index (χ1v) is 6.63. The van der Waals surface area contributed by atoms with Crippen LogP contribution in [0.3, 0.4) is 0 Å². The summed E-state index contributed by atoms with van der Waals surface area (Å²) in [6, 6.07) is 0.529. The molecule has 1 aliphatic carbocycles. The standard InChI is InChI=1S/C13H28N2O/c1-12(2)15(8-9-16)11-13(10-14-3)6-4-5-7-13/h12,14,16H,4-11H2,1-3H3. The molecule has 1 aliphatic rings. The first kappa shape index (κ1) is 13.9. The van der Waals surface area contributed by atoms with Crippen LogP contribution >= 0.6 is 0 Å². The molecule has 2 N–H and O–H groups in total. The highest BCUT2D eigenvalue weighted by molar-refractivity contribution is 4.89. The zero-order valence-corrected chi connectivity index (χ0v) is 11.1. The first-order chi connectivity index (χ1) is 7.63. The molecule has 0 aromatic rings. The molecule has 0 heterocycles. The number of hydrogen-bond acceptors (Lipinski definition) is 3. The van der Waals surface area contributed by atoms with Gasteiger partial charge in [-0.3, -0.25) is 4.90 Å². The second-order valence-corrected chi connectivity index (χ2v) is 5.53. The van der Waals surface area contributed by atoms with E-state index in [4.69, 9.17) is 5.11 Å². The zero-order chi connectivity index (χ0) is 12.0. The Labute approximate surface area is 100 Å². The highest BCUT2D eigenvalue weighted by Gasteiger charge is 2.35. The predicted octanol–water partition coefficient (Wildman–Crippen LogP) is 1.47. The molecule has 1 fully saturated rings. The van der Waals surface area contributed by atoms with E-state index in [2.05, 4.69) is 24.1 Å². The molecule has 0 aromatic carbocycles. The third-order valence-electron chi connectivity index (χ3n) is 3.87. The molecule has 0 aliphatic heterocycles. The van der Waals surface area contributed by atoms with Crippen LogP contribution in [-0.4, -0.2) is 49.3 Å². The minimum Gasteiger partial charge on any atom is -0.395 e. The second kappa shape index (κ2) is 6.58. The van der Waals surface area contributed by atoms with Gasteiger partial charge in [0.15, 0.2) is 0 Å². The van der Waals surface area contributed by atoms with E-state index in [0.29, 0.717) is 11.5 Å². The maximum absolute atomic E-state index is 9.12. The first-order valence-electron chi connectivity index (χ1n) is 6.63. The van der Waals surface area contributed by atoms with Crippen LogP contribution in [0.2, 0.25) is 0 Å². The molecular weight excluding hydrogens is 200 g/mol. The normalized spacial score (nSPS) is 19.9. The Morgan fingerprint density at radius 2 is 1.94 bits per heavy atom. The van der Waals surface area contributed by atoms with Crippen molar-refractivity contribution in [3.8, 4) is 0 Å². The van der Waals surface area contributed by atoms with Gasteiger partial charge < -0.3 is 10.4 Å². The fraction of sp³-hybridized carbons (Fsp3) is 1.00. The van der Waals surface area contributed by atoms with Crippen LogP contribution in [0.1, 0.15) is 39.5 Å². The molecule has 0 unspecified atom stereocenters. The van der Waals surface area contributed by atoms with Crippen LogP contribution in [0.15, 0.2) is 0 Å². The summed E-state index contributed by atoms with van der Waals surface area (Å²) in [4.78, 5) is 2.42. The highest BCUT2D eigenvalue weighted by Crippen LogP contribution is 2.38. The topological polar surface area (TPSA) is 35.5 Å². The van der Waals surface area contributed by atoms with E-state index in [1.165, 1.54) is 25.7 Å². The van der Waals surface area contributed by atoms with E-state index in [1.807, 2.05) is 7.05 Å². The van der Waals surface area contributed by atoms with Gasteiger partial charge in [-0.25, -0.2) is 0 Å². The SMILES string of the molecule is CNCC1(CN(CCO)C(C)C)CCCC1. The van der Waals surface area contributed by atoms with Crippen LogP contribution in [0.25, 0.3) is 0 Å². The Morgan fingerprint density at radius 1 is 1.31 bits per heavy atom. The fourth-order valence-electron chi connectivity index (χ4n) is 2.97. The summed E-state index contributed by atoms with van der Waals surface area (Å²) in [6.45, 7) is 7.76. The lowest BCUT2D eigenvalue weighted by Gasteiger charge is -2.37. The van der Waals surface area contributed by atoms with Gasteiger partial charge in [0.1, 0.15) is 0 Å². The summed E-state index contributed by atoms with van der Waals surface area (Å²) in [7, 11) is 2.05. The molecule has 3 nitrogen and oxygen atoms in total. The van der Waals surface area contributed by atoms with Crippen LogP contribution in [0, 0.1) is 5.41 Å². The Bertz CT molecular complexity index is 188. The zero-order valence-electron chi connectivity index (χ0n) is 11.1. The molecule has 1 saturated carbocycles. The van der Waals surface area contributed by atoms with E-state index in [-0.39, 0.29) is 6.61 Å². The lowest BCUT2D eigenvalue weighted by Crippen LogP contribution is -2.45. The Hall–Kier alpha value is -0.120. The minimum atomic E-state index is 0.272. The Kier molecular flexibility index (Phi) is 5.73. The maximum Gasteiger partial charge on any atom is 0.0558 e. The van der Waals surface area contributed by atoms with Gasteiger partial charge in [-0.15, -0.1) is 0 Å². The number of aliphatic hydroxyl groups excluding tert-OH is 1. The van der Waals surface area contributed by atoms with E-state index >= 15 is 0 Å². The van der Waals surface area contributed by atoms with Crippen LogP contribution in [0.5, 0.6) is 0 Å². The van der Waals surface area contributed by atoms with Gasteiger partial charge >= 0.3 is 0 Å². The average molecular weight is 228 g/mol. The number of aliphatic hydroxyl groups is 1. The summed E-state index contributed by atoms with van der Waals surface area (Å²) in [5, 5.41) is 12.5. The molecule has 0 radical (unpaired) electrons. The van der Waals surface area contributed by atoms with E-state index < -0.39 is 0 Å². The van der Waals surface area contributed by atoms with Crippen molar-refractivity contribution in [2.45, 2.75) is 45.6 Å². The van der Waals surface area contributed by atoms with Gasteiger partial charge in [0.05, 0.1) is 6.61 Å². The van der Waals surface area contributed by atoms with Gasteiger partial charge in [-0.1, -0.05) is 12.8 Å². The van der Waals surface area contributed by atoms with Gasteiger partial charge in [-0.2, -0.15) is 0 Å². The van der Waals surface area contributed by atoms with Crippen LogP contribution < -0.4 is 5.32 Å². The van der Waals surface area contributed by atoms with Crippen LogP contribution in [-0.2, 0) is 0 Å². The number of nitrogens with zero attached hydrogens (tertiary/aromatic N) is 1. The van der Waals surface area contributed by atoms with Crippen molar-refractivity contribution in [1.82, 2.24) is 10.2 Å². The lowest BCUT2D eigenvalue weighted by atomic mass is 9.85. The lowest BCUT2D eigenvalue weighted by molar-refractivity contribution is 0.101. The molecular formula is C13H28N2O. The molecule has 96 valence electrons. The number of nitrogens with one attached hydrogen (secondary N) is 1. The molecule has 0 spiro atoms. The largest absolute Gasteiger partial charge is 0.395 e. The van der Waals surface area contributed by atoms with Gasteiger partial charge in [-0.05, 0) is 39.2 Å². The maximum atomic E-state index is 9.12. The molecule has 1 rings (SSSR count). The molecule has 0 aromatic heterocycles. The summed E-state index contributed by atoms with van der Waals surface area (Å²) >= 11 is 0. The molecule has 0 atom stereocenters. The Balaban J connectivity index is 2.57. The second-order valence-electron chi connectivity index (χ2n) is 5.53. The fourth-order valence-corrected chi connectivity index (χ4v) is 2.97. The van der Waals surface area contributed by atoms with Crippen molar-refractivity contribution in [3.63, 3.8) is 0 Å². The summed E-state index contributed by atoms with van der Waals surface area (Å²) in [5.74, 6) is 0. The van der Waals surface area contributed by atoms with Gasteiger partial charge in [0.25, 0.3) is 0 Å². The monoisotopic (exact) mass is 228 g/mol. The predicted molar refractivity (Wildman–Crippen MR) is 68.6 cm³/mol. The third-order valence-corrected chi connectivity index (χ3v) is 3.87. The van der Waals surface area contributed by atoms with Crippen molar-refractivity contribution < 1.29 is 5.11 Å². The summed E-state index contributed by atoms with van der Waals surface area (Å²) in [6.07, 6.45) is 5.41. The molecule has 0 bridgehead atoms. The van der Waals surface area contributed by atoms with Crippen molar-refractivity contribution in [1.29, 1.82) is 0 Å². The minimum absolute atomic E-state index is 0.272. The van der Waals surface area contributed by atoms with Crippen molar-refractivity contribution in [2.75, 3.05) is 33.3 Å². The number of rotatable bonds is 7. The van der Waals surface area contributed by atoms with Gasteiger partial charge in [0.2, 0.25) is 0 Å². The quantitative estimate of drug-likeness (QED) is 0.692. The summed E-state index contributed by atoms with van der Waals surface area (Å²) < 4.78 is 0. The van der Waals surface area contributed by atoms with E-state index in [1.54, 1.807) is 0 Å². The molecule has 16 heavy (non-hydrogen) atoms. The molecule has 0 amide bonds. The molecule has 3 heteroatoms. The Morgan fingerprint density at radius 3 is 2.38 bits per heavy atom. The van der Waals surface area contributed by atoms with Crippen molar-refractivity contribution in [2.24, 2.45) is 5.41 Å². The van der Waals surface area contributed by atoms with Crippen molar-refractivity contribution in [3.05, 3.63) is 0 Å². The molecule has 0 saturated heterocycles. The van der Waals surface area contributed by atoms with Crippen molar-refractivity contribution >= 4 is 0 Å². The smallest absolute Gasteiger partial charge is 0.0558 e. The third kappa shape index (κ3) is 3.72. The number of hydrogen-bond donors (Lipinski definition) is 2. The van der Waals surface area contributed by atoms with E-state index in [0.717, 1.165) is 19.6 Å². The van der Waals surface area contributed by atoms with Crippen LogP contribution in [0.4, 0.5) is 0 Å². The summed E-state index contributed by atoms with van der Waals surface area (Å²) in [5.41, 5.74) is 0.453. The van der Waals surface area contributed by atoms with Gasteiger partial charge in [0, 0.05) is 25.7 Å². The average Bonchev–Trinajstić information content (AvgIpc) is 2.66. The highest BCUT2D eigenvalue weighted by atomic mass is 16.3. The van der Waals surface area contributed by atoms with E-state index in [9.17, 15) is 0 Å².